The summed E-state index contributed by atoms with van der Waals surface area (Å²) in [5.74, 6) is -0.837. The number of tetrazole rings is 1. The Hall–Kier alpha value is -4.08. The minimum atomic E-state index is -1.03. The van der Waals surface area contributed by atoms with Gasteiger partial charge in [0.1, 0.15) is 5.75 Å². The van der Waals surface area contributed by atoms with Crippen LogP contribution in [-0.4, -0.2) is 44.8 Å². The van der Waals surface area contributed by atoms with Crippen molar-refractivity contribution in [1.82, 2.24) is 20.2 Å². The SMILES string of the molecule is COc1ccc(Cn2nnnc2-c2ccc(N3N=C(C)C(C(N)=O)C3=O)cc2)cc1. The van der Waals surface area contributed by atoms with Gasteiger partial charge in [0.25, 0.3) is 5.91 Å². The van der Waals surface area contributed by atoms with Crippen LogP contribution in [0.5, 0.6) is 5.75 Å². The first kappa shape index (κ1) is 19.2. The van der Waals surface area contributed by atoms with Crippen molar-refractivity contribution in [3.05, 3.63) is 54.1 Å². The summed E-state index contributed by atoms with van der Waals surface area (Å²) in [5, 5.41) is 17.3. The van der Waals surface area contributed by atoms with Crippen LogP contribution in [0.2, 0.25) is 0 Å². The van der Waals surface area contributed by atoms with Gasteiger partial charge in [-0.1, -0.05) is 12.1 Å². The molecule has 0 aliphatic carbocycles. The maximum atomic E-state index is 12.4. The molecule has 2 N–H and O–H groups in total. The van der Waals surface area contributed by atoms with E-state index in [1.165, 1.54) is 5.01 Å². The number of carbonyl (C=O) groups excluding carboxylic acids is 2. The van der Waals surface area contributed by atoms with Crippen LogP contribution in [0.25, 0.3) is 11.4 Å². The third-order valence-electron chi connectivity index (χ3n) is 4.81. The first-order valence-corrected chi connectivity index (χ1v) is 9.16. The molecule has 2 heterocycles. The number of anilines is 1. The molecule has 10 heteroatoms. The Balaban J connectivity index is 1.55. The normalized spacial score (nSPS) is 15.9. The Morgan fingerprint density at radius 1 is 1.13 bits per heavy atom. The molecular formula is C20H19N7O3. The average molecular weight is 405 g/mol. The number of benzene rings is 2. The number of ether oxygens (including phenoxy) is 1. The molecule has 0 radical (unpaired) electrons. The second-order valence-electron chi connectivity index (χ2n) is 6.78. The topological polar surface area (TPSA) is 129 Å². The van der Waals surface area contributed by atoms with Gasteiger partial charge in [-0.25, -0.2) is 4.68 Å². The fourth-order valence-corrected chi connectivity index (χ4v) is 3.25. The molecule has 0 bridgehead atoms. The maximum Gasteiger partial charge on any atom is 0.265 e. The second-order valence-corrected chi connectivity index (χ2v) is 6.78. The molecule has 1 atom stereocenters. The number of hydrogen-bond donors (Lipinski definition) is 1. The minimum absolute atomic E-state index is 0.375. The van der Waals surface area contributed by atoms with Crippen LogP contribution in [0.3, 0.4) is 0 Å². The van der Waals surface area contributed by atoms with E-state index in [-0.39, 0.29) is 0 Å². The third kappa shape index (κ3) is 3.50. The van der Waals surface area contributed by atoms with Crippen LogP contribution < -0.4 is 15.5 Å². The summed E-state index contributed by atoms with van der Waals surface area (Å²) in [6.45, 7) is 2.09. The van der Waals surface area contributed by atoms with Gasteiger partial charge in [0.2, 0.25) is 5.91 Å². The molecule has 10 nitrogen and oxygen atoms in total. The molecule has 3 aromatic rings. The van der Waals surface area contributed by atoms with Crippen LogP contribution in [0, 0.1) is 5.92 Å². The number of carbonyl (C=O) groups is 2. The number of hydrogen-bond acceptors (Lipinski definition) is 7. The largest absolute Gasteiger partial charge is 0.497 e. The average Bonchev–Trinajstić information content (AvgIpc) is 3.32. The van der Waals surface area contributed by atoms with Gasteiger partial charge in [-0.15, -0.1) is 5.10 Å². The standard InChI is InChI=1S/C20H19N7O3/c1-12-17(18(21)28)20(29)27(23-12)15-7-5-14(6-8-15)19-22-24-25-26(19)11-13-3-9-16(30-2)10-4-13/h3-10,17H,11H2,1-2H3,(H2,21,28). The Morgan fingerprint density at radius 2 is 1.83 bits per heavy atom. The van der Waals surface area contributed by atoms with Crippen molar-refractivity contribution in [2.24, 2.45) is 16.8 Å². The van der Waals surface area contributed by atoms with E-state index >= 15 is 0 Å². The lowest BCUT2D eigenvalue weighted by Gasteiger charge is -2.13. The lowest BCUT2D eigenvalue weighted by atomic mass is 10.0. The zero-order chi connectivity index (χ0) is 21.3. The van der Waals surface area contributed by atoms with Crippen LogP contribution in [0.4, 0.5) is 5.69 Å². The van der Waals surface area contributed by atoms with Crippen molar-refractivity contribution in [1.29, 1.82) is 0 Å². The van der Waals surface area contributed by atoms with Gasteiger partial charge in [-0.2, -0.15) is 10.1 Å². The fraction of sp³-hybridized carbons (Fsp3) is 0.200. The lowest BCUT2D eigenvalue weighted by Crippen LogP contribution is -2.36. The zero-order valence-corrected chi connectivity index (χ0v) is 16.4. The Morgan fingerprint density at radius 3 is 2.43 bits per heavy atom. The molecule has 30 heavy (non-hydrogen) atoms. The van der Waals surface area contributed by atoms with E-state index < -0.39 is 17.7 Å². The number of hydrazone groups is 1. The van der Waals surface area contributed by atoms with Gasteiger partial charge >= 0.3 is 0 Å². The Labute approximate surface area is 171 Å². The molecular weight excluding hydrogens is 386 g/mol. The van der Waals surface area contributed by atoms with Crippen LogP contribution in [0.1, 0.15) is 12.5 Å². The quantitative estimate of drug-likeness (QED) is 0.614. The fourth-order valence-electron chi connectivity index (χ4n) is 3.25. The maximum absolute atomic E-state index is 12.4. The molecule has 2 amide bonds. The van der Waals surface area contributed by atoms with Gasteiger partial charge in [-0.3, -0.25) is 9.59 Å². The van der Waals surface area contributed by atoms with Gasteiger partial charge in [0, 0.05) is 5.56 Å². The van der Waals surface area contributed by atoms with Crippen molar-refractivity contribution in [3.8, 4) is 17.1 Å². The lowest BCUT2D eigenvalue weighted by molar-refractivity contribution is -0.128. The zero-order valence-electron chi connectivity index (χ0n) is 16.4. The summed E-state index contributed by atoms with van der Waals surface area (Å²) in [7, 11) is 1.62. The molecule has 1 aromatic heterocycles. The van der Waals surface area contributed by atoms with Crippen LogP contribution in [-0.2, 0) is 16.1 Å². The third-order valence-corrected chi connectivity index (χ3v) is 4.81. The molecule has 0 saturated carbocycles. The summed E-state index contributed by atoms with van der Waals surface area (Å²) in [4.78, 5) is 23.9. The van der Waals surface area contributed by atoms with Crippen molar-refractivity contribution in [2.45, 2.75) is 13.5 Å². The molecule has 0 fully saturated rings. The number of primary amides is 1. The molecule has 0 spiro atoms. The highest BCUT2D eigenvalue weighted by molar-refractivity contribution is 6.26. The number of amides is 2. The van der Waals surface area contributed by atoms with Gasteiger partial charge < -0.3 is 10.5 Å². The summed E-state index contributed by atoms with van der Waals surface area (Å²) in [5.41, 5.74) is 8.00. The monoisotopic (exact) mass is 405 g/mol. The number of rotatable bonds is 6. The second kappa shape index (κ2) is 7.74. The molecule has 1 aliphatic heterocycles. The predicted molar refractivity (Wildman–Crippen MR) is 109 cm³/mol. The highest BCUT2D eigenvalue weighted by atomic mass is 16.5. The first-order valence-electron chi connectivity index (χ1n) is 9.16. The van der Waals surface area contributed by atoms with E-state index in [1.807, 2.05) is 24.3 Å². The molecule has 1 aliphatic rings. The number of nitrogens with two attached hydrogens (primary N) is 1. The highest BCUT2D eigenvalue weighted by Crippen LogP contribution is 2.26. The van der Waals surface area contributed by atoms with Crippen LogP contribution >= 0.6 is 0 Å². The summed E-state index contributed by atoms with van der Waals surface area (Å²) in [6.07, 6.45) is 0. The summed E-state index contributed by atoms with van der Waals surface area (Å²) in [6, 6.07) is 14.7. The molecule has 1 unspecified atom stereocenters. The van der Waals surface area contributed by atoms with Gasteiger partial charge in [0.15, 0.2) is 11.7 Å². The van der Waals surface area contributed by atoms with Crippen molar-refractivity contribution in [2.75, 3.05) is 12.1 Å². The van der Waals surface area contributed by atoms with E-state index in [4.69, 9.17) is 10.5 Å². The molecule has 4 rings (SSSR count). The highest BCUT2D eigenvalue weighted by Gasteiger charge is 2.38. The number of methoxy groups -OCH3 is 1. The van der Waals surface area contributed by atoms with E-state index in [0.29, 0.717) is 23.8 Å². The van der Waals surface area contributed by atoms with Crippen molar-refractivity contribution in [3.63, 3.8) is 0 Å². The predicted octanol–water partition coefficient (Wildman–Crippen LogP) is 1.22. The van der Waals surface area contributed by atoms with Gasteiger partial charge in [0.05, 0.1) is 25.1 Å². The van der Waals surface area contributed by atoms with Crippen molar-refractivity contribution >= 4 is 23.2 Å². The number of nitrogens with zero attached hydrogens (tertiary/aromatic N) is 6. The van der Waals surface area contributed by atoms with Crippen molar-refractivity contribution < 1.29 is 14.3 Å². The van der Waals surface area contributed by atoms with E-state index in [9.17, 15) is 9.59 Å². The van der Waals surface area contributed by atoms with Crippen LogP contribution in [0.15, 0.2) is 53.6 Å². The number of aromatic nitrogens is 4. The minimum Gasteiger partial charge on any atom is -0.497 e. The Kier molecular flexibility index (Phi) is 4.97. The van der Waals surface area contributed by atoms with Gasteiger partial charge in [-0.05, 0) is 59.3 Å². The van der Waals surface area contributed by atoms with E-state index in [2.05, 4.69) is 20.6 Å². The molecule has 2 aromatic carbocycles. The molecule has 152 valence electrons. The van der Waals surface area contributed by atoms with E-state index in [1.54, 1.807) is 43.0 Å². The molecule has 0 saturated heterocycles. The first-order chi connectivity index (χ1) is 14.5. The smallest absolute Gasteiger partial charge is 0.265 e. The summed E-state index contributed by atoms with van der Waals surface area (Å²) < 4.78 is 6.86. The van der Waals surface area contributed by atoms with E-state index in [0.717, 1.165) is 16.9 Å². The summed E-state index contributed by atoms with van der Waals surface area (Å²) >= 11 is 0. The Bertz CT molecular complexity index is 1120.